The maximum atomic E-state index is 6.07. The molecule has 106 valence electrons. The van der Waals surface area contributed by atoms with E-state index in [1.807, 2.05) is 30.3 Å². The first-order valence-corrected chi connectivity index (χ1v) is 7.19. The van der Waals surface area contributed by atoms with Crippen molar-refractivity contribution >= 4 is 22.4 Å². The molecule has 21 heavy (non-hydrogen) atoms. The molecule has 0 radical (unpaired) electrons. The predicted octanol–water partition coefficient (Wildman–Crippen LogP) is 4.52. The summed E-state index contributed by atoms with van der Waals surface area (Å²) in [7, 11) is 1.67. The molecule has 0 spiro atoms. The van der Waals surface area contributed by atoms with Gasteiger partial charge in [0.15, 0.2) is 5.82 Å². The van der Waals surface area contributed by atoms with E-state index in [4.69, 9.17) is 16.3 Å². The van der Waals surface area contributed by atoms with Crippen molar-refractivity contribution in [3.05, 3.63) is 53.3 Å². The van der Waals surface area contributed by atoms with Crippen molar-refractivity contribution in [2.75, 3.05) is 7.11 Å². The van der Waals surface area contributed by atoms with E-state index in [0.717, 1.165) is 34.2 Å². The van der Waals surface area contributed by atoms with Gasteiger partial charge in [0.2, 0.25) is 0 Å². The Kier molecular flexibility index (Phi) is 3.76. The van der Waals surface area contributed by atoms with Gasteiger partial charge in [0.25, 0.3) is 0 Å². The van der Waals surface area contributed by atoms with Gasteiger partial charge >= 0.3 is 0 Å². The Labute approximate surface area is 128 Å². The summed E-state index contributed by atoms with van der Waals surface area (Å²) in [4.78, 5) is 8.86. The molecular weight excluding hydrogens is 284 g/mol. The van der Waals surface area contributed by atoms with Gasteiger partial charge in [-0.1, -0.05) is 36.7 Å². The molecule has 0 aliphatic rings. The summed E-state index contributed by atoms with van der Waals surface area (Å²) in [6.45, 7) is 2.05. The molecule has 3 nitrogen and oxygen atoms in total. The van der Waals surface area contributed by atoms with Crippen LogP contribution in [0.4, 0.5) is 0 Å². The number of aryl methyl sites for hydroxylation is 1. The Morgan fingerprint density at radius 1 is 1.00 bits per heavy atom. The number of halogens is 1. The van der Waals surface area contributed by atoms with Gasteiger partial charge in [-0.15, -0.1) is 0 Å². The van der Waals surface area contributed by atoms with E-state index < -0.39 is 0 Å². The molecule has 0 aliphatic heterocycles. The van der Waals surface area contributed by atoms with Gasteiger partial charge in [0.1, 0.15) is 10.9 Å². The first kappa shape index (κ1) is 13.8. The monoisotopic (exact) mass is 298 g/mol. The summed E-state index contributed by atoms with van der Waals surface area (Å²) in [6.07, 6.45) is 0.833. The van der Waals surface area contributed by atoms with Crippen LogP contribution in [0, 0.1) is 0 Å². The third kappa shape index (κ3) is 2.83. The second kappa shape index (κ2) is 5.70. The third-order valence-electron chi connectivity index (χ3n) is 3.42. The molecule has 0 unspecified atom stereocenters. The lowest BCUT2D eigenvalue weighted by atomic mass is 10.1. The fraction of sp³-hybridized carbons (Fsp3) is 0.176. The zero-order valence-corrected chi connectivity index (χ0v) is 12.7. The van der Waals surface area contributed by atoms with Crippen LogP contribution in [0.1, 0.15) is 12.6 Å². The summed E-state index contributed by atoms with van der Waals surface area (Å²) in [5, 5.41) is 2.72. The van der Waals surface area contributed by atoms with Crippen molar-refractivity contribution in [2.24, 2.45) is 0 Å². The van der Waals surface area contributed by atoms with Crippen molar-refractivity contribution < 1.29 is 4.74 Å². The maximum Gasteiger partial charge on any atom is 0.161 e. The maximum absolute atomic E-state index is 6.07. The predicted molar refractivity (Wildman–Crippen MR) is 85.9 cm³/mol. The van der Waals surface area contributed by atoms with E-state index in [1.165, 1.54) is 0 Å². The Morgan fingerprint density at radius 2 is 1.76 bits per heavy atom. The van der Waals surface area contributed by atoms with Crippen LogP contribution in [-0.2, 0) is 6.42 Å². The molecular formula is C17H15ClN2O. The molecule has 4 heteroatoms. The Hall–Kier alpha value is -2.13. The molecule has 3 rings (SSSR count). The summed E-state index contributed by atoms with van der Waals surface area (Å²) in [5.41, 5.74) is 1.91. The highest BCUT2D eigenvalue weighted by Gasteiger charge is 2.06. The van der Waals surface area contributed by atoms with Gasteiger partial charge in [0, 0.05) is 11.3 Å². The molecule has 1 heterocycles. The number of methoxy groups -OCH3 is 1. The van der Waals surface area contributed by atoms with Crippen LogP contribution in [0.5, 0.6) is 5.75 Å². The first-order chi connectivity index (χ1) is 10.2. The van der Waals surface area contributed by atoms with Crippen molar-refractivity contribution in [3.8, 4) is 17.1 Å². The van der Waals surface area contributed by atoms with Gasteiger partial charge < -0.3 is 4.74 Å². The van der Waals surface area contributed by atoms with Crippen LogP contribution < -0.4 is 4.74 Å². The lowest BCUT2D eigenvalue weighted by Crippen LogP contribution is -1.95. The van der Waals surface area contributed by atoms with Gasteiger partial charge in [0.05, 0.1) is 7.11 Å². The smallest absolute Gasteiger partial charge is 0.161 e. The van der Waals surface area contributed by atoms with Crippen molar-refractivity contribution in [1.82, 2.24) is 9.97 Å². The third-order valence-corrected chi connectivity index (χ3v) is 3.61. The van der Waals surface area contributed by atoms with E-state index in [1.54, 1.807) is 13.2 Å². The minimum absolute atomic E-state index is 0.478. The lowest BCUT2D eigenvalue weighted by Gasteiger charge is -2.06. The second-order valence-electron chi connectivity index (χ2n) is 4.79. The van der Waals surface area contributed by atoms with Crippen LogP contribution >= 0.6 is 11.6 Å². The Bertz CT molecular complexity index is 802. The van der Waals surface area contributed by atoms with E-state index in [-0.39, 0.29) is 0 Å². The summed E-state index contributed by atoms with van der Waals surface area (Å²) in [6, 6.07) is 13.9. The van der Waals surface area contributed by atoms with Crippen LogP contribution in [0.2, 0.25) is 5.15 Å². The molecule has 2 aromatic carbocycles. The first-order valence-electron chi connectivity index (χ1n) is 6.81. The van der Waals surface area contributed by atoms with E-state index in [9.17, 15) is 0 Å². The SMILES string of the molecule is CCc1cc(Cl)nc(-c2ccc3cc(OC)ccc3c2)n1. The molecule has 0 saturated carbocycles. The molecule has 1 aromatic heterocycles. The van der Waals surface area contributed by atoms with Gasteiger partial charge in [-0.2, -0.15) is 0 Å². The number of fused-ring (bicyclic) bond motifs is 1. The number of nitrogens with zero attached hydrogens (tertiary/aromatic N) is 2. The zero-order chi connectivity index (χ0) is 14.8. The second-order valence-corrected chi connectivity index (χ2v) is 5.17. The molecule has 0 N–H and O–H groups in total. The van der Waals surface area contributed by atoms with Crippen LogP contribution in [0.3, 0.4) is 0 Å². The zero-order valence-electron chi connectivity index (χ0n) is 11.9. The van der Waals surface area contributed by atoms with E-state index >= 15 is 0 Å². The number of benzene rings is 2. The fourth-order valence-electron chi connectivity index (χ4n) is 2.26. The minimum atomic E-state index is 0.478. The molecule has 0 aliphatic carbocycles. The largest absolute Gasteiger partial charge is 0.497 e. The number of hydrogen-bond donors (Lipinski definition) is 0. The summed E-state index contributed by atoms with van der Waals surface area (Å²) >= 11 is 6.07. The molecule has 0 fully saturated rings. The molecule has 0 bridgehead atoms. The van der Waals surface area contributed by atoms with Gasteiger partial charge in [-0.3, -0.25) is 0 Å². The van der Waals surface area contributed by atoms with E-state index in [2.05, 4.69) is 23.0 Å². The normalized spacial score (nSPS) is 10.8. The molecule has 0 saturated heterocycles. The van der Waals surface area contributed by atoms with Crippen molar-refractivity contribution in [2.45, 2.75) is 13.3 Å². The topological polar surface area (TPSA) is 35.0 Å². The van der Waals surface area contributed by atoms with E-state index in [0.29, 0.717) is 11.0 Å². The minimum Gasteiger partial charge on any atom is -0.497 e. The number of ether oxygens (including phenoxy) is 1. The lowest BCUT2D eigenvalue weighted by molar-refractivity contribution is 0.415. The summed E-state index contributed by atoms with van der Waals surface area (Å²) < 4.78 is 5.24. The molecule has 0 amide bonds. The quantitative estimate of drug-likeness (QED) is 0.667. The van der Waals surface area contributed by atoms with Crippen LogP contribution in [-0.4, -0.2) is 17.1 Å². The molecule has 0 atom stereocenters. The highest BCUT2D eigenvalue weighted by atomic mass is 35.5. The highest BCUT2D eigenvalue weighted by Crippen LogP contribution is 2.26. The van der Waals surface area contributed by atoms with Crippen LogP contribution in [0.25, 0.3) is 22.2 Å². The average molecular weight is 299 g/mol. The average Bonchev–Trinajstić information content (AvgIpc) is 2.53. The molecule has 3 aromatic rings. The highest BCUT2D eigenvalue weighted by molar-refractivity contribution is 6.29. The number of aromatic nitrogens is 2. The van der Waals surface area contributed by atoms with Crippen molar-refractivity contribution in [3.63, 3.8) is 0 Å². The Balaban J connectivity index is 2.10. The number of hydrogen-bond acceptors (Lipinski definition) is 3. The van der Waals surface area contributed by atoms with Crippen LogP contribution in [0.15, 0.2) is 42.5 Å². The number of rotatable bonds is 3. The van der Waals surface area contributed by atoms with Gasteiger partial charge in [-0.25, -0.2) is 9.97 Å². The van der Waals surface area contributed by atoms with Gasteiger partial charge in [-0.05, 0) is 41.5 Å². The Morgan fingerprint density at radius 3 is 2.52 bits per heavy atom. The summed E-state index contributed by atoms with van der Waals surface area (Å²) in [5.74, 6) is 1.51. The van der Waals surface area contributed by atoms with Crippen molar-refractivity contribution in [1.29, 1.82) is 0 Å². The standard InChI is InChI=1S/C17H15ClN2O/c1-3-14-10-16(18)20-17(19-14)13-5-4-12-9-15(21-2)7-6-11(12)8-13/h4-10H,3H2,1-2H3. The fourth-order valence-corrected chi connectivity index (χ4v) is 2.47.